The molecule has 0 saturated heterocycles. The first-order valence-electron chi connectivity index (χ1n) is 8.50. The van der Waals surface area contributed by atoms with Crippen molar-refractivity contribution in [3.8, 4) is 0 Å². The number of aryl methyl sites for hydroxylation is 1. The van der Waals surface area contributed by atoms with E-state index < -0.39 is 0 Å². The minimum atomic E-state index is 0.582. The predicted molar refractivity (Wildman–Crippen MR) is 109 cm³/mol. The van der Waals surface area contributed by atoms with E-state index in [0.29, 0.717) is 23.9 Å². The molecule has 0 amide bonds. The minimum Gasteiger partial charge on any atom is -0.350 e. The number of fused-ring (bicyclic) bond motifs is 1. The van der Waals surface area contributed by atoms with Crippen LogP contribution in [-0.4, -0.2) is 19.9 Å². The van der Waals surface area contributed by atoms with Gasteiger partial charge in [-0.3, -0.25) is 0 Å². The van der Waals surface area contributed by atoms with Crippen LogP contribution in [-0.2, 0) is 13.0 Å². The summed E-state index contributed by atoms with van der Waals surface area (Å²) in [4.78, 5) is 16.3. The van der Waals surface area contributed by atoms with Crippen molar-refractivity contribution >= 4 is 40.2 Å². The highest BCUT2D eigenvalue weighted by molar-refractivity contribution is 6.31. The molecule has 0 aliphatic rings. The summed E-state index contributed by atoms with van der Waals surface area (Å²) in [5.74, 6) is 0.582. The summed E-state index contributed by atoms with van der Waals surface area (Å²) in [6, 6.07) is 7.91. The van der Waals surface area contributed by atoms with Gasteiger partial charge in [0.25, 0.3) is 0 Å². The number of rotatable bonds is 5. The number of hydrogen-bond donors (Lipinski definition) is 2. The fourth-order valence-electron chi connectivity index (χ4n) is 2.86. The summed E-state index contributed by atoms with van der Waals surface area (Å²) in [5.41, 5.74) is 5.10. The zero-order valence-corrected chi connectivity index (χ0v) is 16.1. The number of hydrogen-bond acceptors (Lipinski definition) is 4. The smallest absolute Gasteiger partial charge is 0.222 e. The molecule has 3 aromatic heterocycles. The normalized spacial score (nSPS) is 11.1. The van der Waals surface area contributed by atoms with E-state index in [0.717, 1.165) is 38.3 Å². The Kier molecular flexibility index (Phi) is 4.97. The summed E-state index contributed by atoms with van der Waals surface area (Å²) < 4.78 is 0. The lowest BCUT2D eigenvalue weighted by Gasteiger charge is -2.07. The monoisotopic (exact) mass is 397 g/mol. The zero-order valence-electron chi connectivity index (χ0n) is 14.6. The fourth-order valence-corrected chi connectivity index (χ4v) is 3.22. The summed E-state index contributed by atoms with van der Waals surface area (Å²) in [7, 11) is 0. The van der Waals surface area contributed by atoms with Crippen molar-refractivity contribution in [3.63, 3.8) is 0 Å². The Morgan fingerprint density at radius 1 is 1.00 bits per heavy atom. The molecule has 136 valence electrons. The van der Waals surface area contributed by atoms with Gasteiger partial charge >= 0.3 is 0 Å². The molecule has 0 atom stereocenters. The molecule has 0 fully saturated rings. The van der Waals surface area contributed by atoms with Crippen molar-refractivity contribution in [1.82, 2.24) is 19.9 Å². The number of halogens is 2. The second-order valence-corrected chi connectivity index (χ2v) is 7.24. The van der Waals surface area contributed by atoms with Crippen molar-refractivity contribution in [2.24, 2.45) is 0 Å². The third kappa shape index (κ3) is 4.04. The van der Waals surface area contributed by atoms with Crippen LogP contribution in [0.5, 0.6) is 0 Å². The van der Waals surface area contributed by atoms with Gasteiger partial charge < -0.3 is 10.3 Å². The molecule has 0 bridgehead atoms. The maximum atomic E-state index is 6.16. The number of nitrogens with one attached hydrogen (secondary N) is 2. The first-order valence-corrected chi connectivity index (χ1v) is 9.25. The summed E-state index contributed by atoms with van der Waals surface area (Å²) in [5, 5.41) is 5.61. The third-order valence-corrected chi connectivity index (χ3v) is 4.98. The summed E-state index contributed by atoms with van der Waals surface area (Å²) in [6.07, 6.45) is 7.94. The first-order chi connectivity index (χ1) is 13.1. The number of pyridine rings is 1. The van der Waals surface area contributed by atoms with E-state index in [1.807, 2.05) is 49.8 Å². The Morgan fingerprint density at radius 2 is 1.81 bits per heavy atom. The first kappa shape index (κ1) is 17.8. The highest BCUT2D eigenvalue weighted by Crippen LogP contribution is 2.22. The largest absolute Gasteiger partial charge is 0.350 e. The quantitative estimate of drug-likeness (QED) is 0.487. The maximum Gasteiger partial charge on any atom is 0.222 e. The molecular formula is C20H17Cl2N5. The molecule has 1 aromatic carbocycles. The standard InChI is InChI=1S/C20H17Cl2N5/c1-12-2-3-13(5-18(12)22)7-25-20-26-8-14(9-27-20)4-15-10-23-19-17(15)6-16(21)11-24-19/h2-3,5-6,8-11H,4,7H2,1H3,(H,23,24)(H,25,26,27). The molecule has 2 N–H and O–H groups in total. The van der Waals surface area contributed by atoms with Crippen LogP contribution in [0.1, 0.15) is 22.3 Å². The zero-order chi connectivity index (χ0) is 18.8. The van der Waals surface area contributed by atoms with E-state index in [2.05, 4.69) is 25.3 Å². The second kappa shape index (κ2) is 7.55. The fraction of sp³-hybridized carbons (Fsp3) is 0.150. The van der Waals surface area contributed by atoms with Gasteiger partial charge in [0.05, 0.1) is 5.02 Å². The van der Waals surface area contributed by atoms with Crippen LogP contribution in [0.25, 0.3) is 11.0 Å². The van der Waals surface area contributed by atoms with E-state index in [1.165, 1.54) is 0 Å². The molecule has 27 heavy (non-hydrogen) atoms. The highest BCUT2D eigenvalue weighted by atomic mass is 35.5. The Hall–Kier alpha value is -2.63. The van der Waals surface area contributed by atoms with Crippen LogP contribution in [0.15, 0.2) is 49.1 Å². The molecule has 5 nitrogen and oxygen atoms in total. The summed E-state index contributed by atoms with van der Waals surface area (Å²) in [6.45, 7) is 2.60. The molecule has 0 aliphatic carbocycles. The average molecular weight is 398 g/mol. The maximum absolute atomic E-state index is 6.16. The molecule has 0 radical (unpaired) electrons. The molecular weight excluding hydrogens is 381 g/mol. The molecule has 4 aromatic rings. The van der Waals surface area contributed by atoms with Crippen molar-refractivity contribution in [2.45, 2.75) is 19.9 Å². The number of nitrogens with zero attached hydrogens (tertiary/aromatic N) is 3. The average Bonchev–Trinajstić information content (AvgIpc) is 3.06. The topological polar surface area (TPSA) is 66.5 Å². The van der Waals surface area contributed by atoms with Crippen molar-refractivity contribution in [1.29, 1.82) is 0 Å². The molecule has 0 unspecified atom stereocenters. The molecule has 0 spiro atoms. The Morgan fingerprint density at radius 3 is 2.59 bits per heavy atom. The van der Waals surface area contributed by atoms with Crippen molar-refractivity contribution < 1.29 is 0 Å². The van der Waals surface area contributed by atoms with Gasteiger partial charge in [0.2, 0.25) is 5.95 Å². The van der Waals surface area contributed by atoms with Crippen LogP contribution in [0.2, 0.25) is 10.0 Å². The van der Waals surface area contributed by atoms with Crippen LogP contribution >= 0.6 is 23.2 Å². The lowest BCUT2D eigenvalue weighted by Crippen LogP contribution is -2.04. The molecule has 4 rings (SSSR count). The number of aromatic nitrogens is 4. The van der Waals surface area contributed by atoms with Crippen LogP contribution in [0, 0.1) is 6.92 Å². The lowest BCUT2D eigenvalue weighted by molar-refractivity contribution is 1.02. The van der Waals surface area contributed by atoms with Crippen LogP contribution < -0.4 is 5.32 Å². The second-order valence-electron chi connectivity index (χ2n) is 6.39. The number of aromatic amines is 1. The SMILES string of the molecule is Cc1ccc(CNc2ncc(Cc3c[nH]c4ncc(Cl)cc34)cn2)cc1Cl. The van der Waals surface area contributed by atoms with E-state index >= 15 is 0 Å². The van der Waals surface area contributed by atoms with Gasteiger partial charge in [0.1, 0.15) is 5.65 Å². The van der Waals surface area contributed by atoms with Crippen molar-refractivity contribution in [3.05, 3.63) is 81.4 Å². The van der Waals surface area contributed by atoms with Gasteiger partial charge in [-0.2, -0.15) is 0 Å². The third-order valence-electron chi connectivity index (χ3n) is 4.37. The van der Waals surface area contributed by atoms with Gasteiger partial charge in [-0.05, 0) is 41.3 Å². The van der Waals surface area contributed by atoms with Gasteiger partial charge in [0.15, 0.2) is 0 Å². The molecule has 0 saturated carbocycles. The van der Waals surface area contributed by atoms with Gasteiger partial charge in [-0.25, -0.2) is 15.0 Å². The molecule has 3 heterocycles. The minimum absolute atomic E-state index is 0.582. The summed E-state index contributed by atoms with van der Waals surface area (Å²) >= 11 is 12.2. The highest BCUT2D eigenvalue weighted by Gasteiger charge is 2.07. The number of benzene rings is 1. The van der Waals surface area contributed by atoms with Gasteiger partial charge in [-0.1, -0.05) is 35.3 Å². The Labute approximate surface area is 166 Å². The van der Waals surface area contributed by atoms with E-state index in [1.54, 1.807) is 6.20 Å². The molecule has 0 aliphatic heterocycles. The van der Waals surface area contributed by atoms with Crippen LogP contribution in [0.3, 0.4) is 0 Å². The van der Waals surface area contributed by atoms with E-state index in [9.17, 15) is 0 Å². The lowest BCUT2D eigenvalue weighted by atomic mass is 10.1. The Balaban J connectivity index is 1.44. The molecule has 7 heteroatoms. The van der Waals surface area contributed by atoms with Gasteiger partial charge in [0, 0.05) is 48.2 Å². The van der Waals surface area contributed by atoms with E-state index in [4.69, 9.17) is 23.2 Å². The van der Waals surface area contributed by atoms with Crippen molar-refractivity contribution in [2.75, 3.05) is 5.32 Å². The predicted octanol–water partition coefficient (Wildman–Crippen LogP) is 5.17. The van der Waals surface area contributed by atoms with Crippen LogP contribution in [0.4, 0.5) is 5.95 Å². The number of H-pyrrole nitrogens is 1. The number of anilines is 1. The van der Waals surface area contributed by atoms with E-state index in [-0.39, 0.29) is 0 Å². The van der Waals surface area contributed by atoms with Gasteiger partial charge in [-0.15, -0.1) is 0 Å². The Bertz CT molecular complexity index is 1090.